The van der Waals surface area contributed by atoms with E-state index in [9.17, 15) is 14.7 Å². The Morgan fingerprint density at radius 3 is 1.18 bits per heavy atom. The number of hydrogen-bond donors (Lipinski definition) is 6. The number of carboxylic acid groups (broad SMARTS) is 1. The molecule has 0 spiro atoms. The number of hydrogen-bond acceptors (Lipinski definition) is 7. The van der Waals surface area contributed by atoms with Crippen LogP contribution in [0.2, 0.25) is 0 Å². The Kier molecular flexibility index (Phi) is 41.1. The molecule has 0 bridgehead atoms. The van der Waals surface area contributed by atoms with Crippen LogP contribution in [-0.4, -0.2) is 74.4 Å². The Bertz CT molecular complexity index is 699. The lowest BCUT2D eigenvalue weighted by atomic mass is 10.0. The highest BCUT2D eigenvalue weighted by atomic mass is 16.4. The lowest BCUT2D eigenvalue weighted by Crippen LogP contribution is -2.46. The van der Waals surface area contributed by atoms with Gasteiger partial charge in [-0.2, -0.15) is 0 Å². The zero-order chi connectivity index (χ0) is 36.4. The summed E-state index contributed by atoms with van der Waals surface area (Å²) < 4.78 is 0. The van der Waals surface area contributed by atoms with Gasteiger partial charge in [-0.25, -0.2) is 15.1 Å². The van der Waals surface area contributed by atoms with Crippen LogP contribution in [0.1, 0.15) is 200 Å². The van der Waals surface area contributed by atoms with E-state index in [0.29, 0.717) is 13.0 Å². The third-order valence-electron chi connectivity index (χ3n) is 9.80. The van der Waals surface area contributed by atoms with Crippen molar-refractivity contribution in [3.05, 3.63) is 0 Å². The summed E-state index contributed by atoms with van der Waals surface area (Å²) in [6.45, 7) is 7.54. The van der Waals surface area contributed by atoms with Crippen molar-refractivity contribution >= 4 is 12.0 Å². The highest BCUT2D eigenvalue weighted by Gasteiger charge is 2.19. The number of carbonyl (C=O) groups excluding carboxylic acids is 1. The van der Waals surface area contributed by atoms with Gasteiger partial charge >= 0.3 is 6.09 Å². The third kappa shape index (κ3) is 38.0. The number of imide groups is 1. The van der Waals surface area contributed by atoms with Gasteiger partial charge in [-0.1, -0.05) is 167 Å². The van der Waals surface area contributed by atoms with Crippen LogP contribution in [0.15, 0.2) is 0 Å². The molecular formula is C41H86N6O3. The van der Waals surface area contributed by atoms with Crippen molar-refractivity contribution in [1.82, 2.24) is 26.4 Å². The SMILES string of the molecule is CCCCCCCCCCCCCCCCCCCCCCCCCCCCNNCC(=O)N(CCCNCCCCNCCCN)C(=O)O. The van der Waals surface area contributed by atoms with Crippen molar-refractivity contribution in [2.45, 2.75) is 200 Å². The number of nitrogens with zero attached hydrogens (tertiary/aromatic N) is 1. The molecule has 9 nitrogen and oxygen atoms in total. The Labute approximate surface area is 310 Å². The molecule has 0 saturated heterocycles. The van der Waals surface area contributed by atoms with Gasteiger partial charge in [0.2, 0.25) is 5.91 Å². The summed E-state index contributed by atoms with van der Waals surface area (Å²) in [6.07, 6.45) is 38.8. The molecule has 50 heavy (non-hydrogen) atoms. The molecule has 0 aromatic carbocycles. The predicted molar refractivity (Wildman–Crippen MR) is 215 cm³/mol. The molecule has 0 rings (SSSR count). The van der Waals surface area contributed by atoms with Gasteiger partial charge in [0.15, 0.2) is 0 Å². The molecule has 298 valence electrons. The molecular weight excluding hydrogens is 624 g/mol. The number of hydrazine groups is 1. The highest BCUT2D eigenvalue weighted by molar-refractivity contribution is 5.92. The minimum atomic E-state index is -1.18. The summed E-state index contributed by atoms with van der Waals surface area (Å²) in [6, 6.07) is 0. The van der Waals surface area contributed by atoms with E-state index in [2.05, 4.69) is 28.4 Å². The fraction of sp³-hybridized carbons (Fsp3) is 0.951. The van der Waals surface area contributed by atoms with Gasteiger partial charge in [0.05, 0.1) is 6.54 Å². The van der Waals surface area contributed by atoms with Crippen LogP contribution in [0, 0.1) is 0 Å². The average Bonchev–Trinajstić information content (AvgIpc) is 3.11. The normalized spacial score (nSPS) is 11.4. The van der Waals surface area contributed by atoms with Crippen molar-refractivity contribution in [1.29, 1.82) is 0 Å². The standard InChI is InChI=1S/C41H86N6O3/c1-2-3-4-5-6-7-8-9-10-11-12-13-14-15-16-17-18-19-20-21-22-23-24-25-26-27-37-45-46-39-40(48)47(41(49)50)38-31-36-44-34-29-28-33-43-35-30-32-42/h43-46H,2-39,42H2,1H3,(H,49,50). The molecule has 0 atom stereocenters. The van der Waals surface area contributed by atoms with Gasteiger partial charge in [0.1, 0.15) is 0 Å². The summed E-state index contributed by atoms with van der Waals surface area (Å²) in [5.74, 6) is -0.418. The smallest absolute Gasteiger partial charge is 0.414 e. The zero-order valence-corrected chi connectivity index (χ0v) is 33.2. The first-order chi connectivity index (χ1) is 24.6. The Morgan fingerprint density at radius 1 is 0.460 bits per heavy atom. The number of nitrogens with one attached hydrogen (secondary N) is 4. The number of nitrogens with two attached hydrogens (primary N) is 1. The molecule has 0 heterocycles. The molecule has 0 aliphatic carbocycles. The summed E-state index contributed by atoms with van der Waals surface area (Å²) in [5.41, 5.74) is 11.5. The second-order valence-corrected chi connectivity index (χ2v) is 14.7. The van der Waals surface area contributed by atoms with Gasteiger partial charge in [-0.3, -0.25) is 10.2 Å². The van der Waals surface area contributed by atoms with Crippen molar-refractivity contribution in [3.63, 3.8) is 0 Å². The van der Waals surface area contributed by atoms with Gasteiger partial charge < -0.3 is 21.5 Å². The number of carbonyl (C=O) groups is 2. The molecule has 9 heteroatoms. The van der Waals surface area contributed by atoms with Crippen LogP contribution < -0.4 is 27.2 Å². The molecule has 0 aliphatic heterocycles. The number of unbranched alkanes of at least 4 members (excludes halogenated alkanes) is 26. The summed E-state index contributed by atoms with van der Waals surface area (Å²) in [5, 5.41) is 16.1. The maximum absolute atomic E-state index is 12.4. The predicted octanol–water partition coefficient (Wildman–Crippen LogP) is 9.45. The Hall–Kier alpha value is -1.26. The molecule has 7 N–H and O–H groups in total. The minimum absolute atomic E-state index is 0.0175. The van der Waals surface area contributed by atoms with E-state index in [4.69, 9.17) is 5.73 Å². The summed E-state index contributed by atoms with van der Waals surface area (Å²) in [4.78, 5) is 24.8. The Morgan fingerprint density at radius 2 is 0.800 bits per heavy atom. The first kappa shape index (κ1) is 48.7. The monoisotopic (exact) mass is 711 g/mol. The van der Waals surface area contributed by atoms with E-state index in [1.165, 1.54) is 161 Å². The molecule has 0 radical (unpaired) electrons. The highest BCUT2D eigenvalue weighted by Crippen LogP contribution is 2.16. The fourth-order valence-electron chi connectivity index (χ4n) is 6.52. The Balaban J connectivity index is 3.36. The first-order valence-corrected chi connectivity index (χ1v) is 21.7. The number of amides is 2. The van der Waals surface area contributed by atoms with Crippen LogP contribution >= 0.6 is 0 Å². The molecule has 0 aromatic heterocycles. The van der Waals surface area contributed by atoms with E-state index in [-0.39, 0.29) is 13.1 Å². The largest absolute Gasteiger partial charge is 0.465 e. The van der Waals surface area contributed by atoms with Crippen molar-refractivity contribution in [3.8, 4) is 0 Å². The quantitative estimate of drug-likeness (QED) is 0.0273. The molecule has 0 saturated carbocycles. The maximum Gasteiger partial charge on any atom is 0.414 e. The van der Waals surface area contributed by atoms with Gasteiger partial charge in [-0.15, -0.1) is 0 Å². The van der Waals surface area contributed by atoms with Crippen LogP contribution in [-0.2, 0) is 4.79 Å². The minimum Gasteiger partial charge on any atom is -0.465 e. The first-order valence-electron chi connectivity index (χ1n) is 21.7. The van der Waals surface area contributed by atoms with Crippen LogP contribution in [0.3, 0.4) is 0 Å². The van der Waals surface area contributed by atoms with E-state index < -0.39 is 12.0 Å². The van der Waals surface area contributed by atoms with E-state index >= 15 is 0 Å². The average molecular weight is 711 g/mol. The van der Waals surface area contributed by atoms with E-state index in [1.54, 1.807) is 0 Å². The lowest BCUT2D eigenvalue weighted by Gasteiger charge is -2.18. The molecule has 0 fully saturated rings. The molecule has 0 unspecified atom stereocenters. The van der Waals surface area contributed by atoms with Crippen molar-refractivity contribution in [2.75, 3.05) is 52.4 Å². The van der Waals surface area contributed by atoms with Crippen molar-refractivity contribution in [2.24, 2.45) is 5.73 Å². The van der Waals surface area contributed by atoms with Crippen LogP contribution in [0.25, 0.3) is 0 Å². The molecule has 0 aliphatic rings. The fourth-order valence-corrected chi connectivity index (χ4v) is 6.52. The van der Waals surface area contributed by atoms with E-state index in [1.807, 2.05) is 0 Å². The molecule has 0 aromatic rings. The summed E-state index contributed by atoms with van der Waals surface area (Å²) >= 11 is 0. The molecule has 2 amide bonds. The topological polar surface area (TPSA) is 132 Å². The lowest BCUT2D eigenvalue weighted by molar-refractivity contribution is -0.128. The van der Waals surface area contributed by atoms with Gasteiger partial charge in [-0.05, 0) is 64.8 Å². The zero-order valence-electron chi connectivity index (χ0n) is 33.2. The second-order valence-electron chi connectivity index (χ2n) is 14.7. The number of rotatable bonds is 42. The van der Waals surface area contributed by atoms with Gasteiger partial charge in [0, 0.05) is 13.1 Å². The van der Waals surface area contributed by atoms with Crippen LogP contribution in [0.4, 0.5) is 4.79 Å². The maximum atomic E-state index is 12.4. The summed E-state index contributed by atoms with van der Waals surface area (Å²) in [7, 11) is 0. The van der Waals surface area contributed by atoms with Gasteiger partial charge in [0.25, 0.3) is 0 Å². The van der Waals surface area contributed by atoms with Crippen LogP contribution in [0.5, 0.6) is 0 Å². The third-order valence-corrected chi connectivity index (χ3v) is 9.80. The second kappa shape index (κ2) is 42.2. The van der Waals surface area contributed by atoms with Crippen molar-refractivity contribution < 1.29 is 14.7 Å². The van der Waals surface area contributed by atoms with E-state index in [0.717, 1.165) is 63.3 Å².